The van der Waals surface area contributed by atoms with Crippen molar-refractivity contribution in [3.8, 4) is 0 Å². The van der Waals surface area contributed by atoms with Crippen LogP contribution in [0.1, 0.15) is 129 Å². The van der Waals surface area contributed by atoms with Crippen molar-refractivity contribution >= 4 is 19.8 Å². The predicted octanol–water partition coefficient (Wildman–Crippen LogP) is 11.2. The second-order valence-corrected chi connectivity index (χ2v) is 16.0. The van der Waals surface area contributed by atoms with Crippen molar-refractivity contribution in [1.29, 1.82) is 0 Å². The van der Waals surface area contributed by atoms with Crippen LogP contribution in [0.4, 0.5) is 0 Å². The normalized spacial score (nSPS) is 14.6. The van der Waals surface area contributed by atoms with E-state index in [9.17, 15) is 19.0 Å². The zero-order valence-electron chi connectivity index (χ0n) is 35.5. The molecule has 0 aliphatic rings. The molecule has 0 amide bonds. The Labute approximate surface area is 341 Å². The Morgan fingerprint density at radius 1 is 0.554 bits per heavy atom. The first-order valence-electron chi connectivity index (χ1n) is 20.9. The number of rotatable bonds is 36. The summed E-state index contributed by atoms with van der Waals surface area (Å²) in [7, 11) is 1.10. The first kappa shape index (κ1) is 52.9. The molecule has 2 unspecified atom stereocenters. The highest BCUT2D eigenvalue weighted by atomic mass is 31.2. The fraction of sp³-hybridized carbons (Fsp3) is 0.609. The zero-order chi connectivity index (χ0) is 41.4. The summed E-state index contributed by atoms with van der Waals surface area (Å²) in [5, 5.41) is 0. The number of nitrogens with zero attached hydrogens (tertiary/aromatic N) is 1. The first-order valence-corrected chi connectivity index (χ1v) is 22.4. The maximum absolute atomic E-state index is 12.7. The number of quaternary nitrogens is 1. The monoisotopic (exact) mass is 802 g/mol. The van der Waals surface area contributed by atoms with Gasteiger partial charge in [0, 0.05) is 12.8 Å². The quantitative estimate of drug-likeness (QED) is 0.0202. The molecular weight excluding hydrogens is 725 g/mol. The van der Waals surface area contributed by atoms with Crippen molar-refractivity contribution in [3.63, 3.8) is 0 Å². The van der Waals surface area contributed by atoms with E-state index in [0.717, 1.165) is 89.9 Å². The molecule has 0 saturated heterocycles. The van der Waals surface area contributed by atoms with Crippen LogP contribution in [0.2, 0.25) is 0 Å². The molecule has 0 aliphatic heterocycles. The molecule has 0 heterocycles. The molecule has 0 radical (unpaired) electrons. The zero-order valence-corrected chi connectivity index (χ0v) is 36.4. The molecule has 0 bridgehead atoms. The van der Waals surface area contributed by atoms with Gasteiger partial charge in [-0.05, 0) is 77.0 Å². The number of hydrogen-bond donors (Lipinski definition) is 0. The number of ether oxygens (including phenoxy) is 2. The maximum Gasteiger partial charge on any atom is 0.306 e. The molecule has 56 heavy (non-hydrogen) atoms. The topological polar surface area (TPSA) is 111 Å². The fourth-order valence-corrected chi connectivity index (χ4v) is 5.62. The van der Waals surface area contributed by atoms with Gasteiger partial charge in [-0.1, -0.05) is 137 Å². The molecule has 0 fully saturated rings. The van der Waals surface area contributed by atoms with Gasteiger partial charge in [0.05, 0.1) is 27.7 Å². The summed E-state index contributed by atoms with van der Waals surface area (Å²) in [5.41, 5.74) is 0. The highest BCUT2D eigenvalue weighted by Gasteiger charge is 2.21. The van der Waals surface area contributed by atoms with Gasteiger partial charge in [0.1, 0.15) is 19.8 Å². The lowest BCUT2D eigenvalue weighted by Crippen LogP contribution is -2.37. The van der Waals surface area contributed by atoms with Gasteiger partial charge in [0.25, 0.3) is 7.82 Å². The highest BCUT2D eigenvalue weighted by molar-refractivity contribution is 7.45. The van der Waals surface area contributed by atoms with Crippen LogP contribution in [0.25, 0.3) is 0 Å². The molecule has 2 atom stereocenters. The van der Waals surface area contributed by atoms with Crippen LogP contribution < -0.4 is 4.89 Å². The number of allylic oxidation sites excluding steroid dienone is 16. The fourth-order valence-electron chi connectivity index (χ4n) is 4.89. The minimum Gasteiger partial charge on any atom is -0.756 e. The van der Waals surface area contributed by atoms with Gasteiger partial charge in [-0.2, -0.15) is 0 Å². The summed E-state index contributed by atoms with van der Waals surface area (Å²) in [6, 6.07) is 0. The van der Waals surface area contributed by atoms with Gasteiger partial charge in [0.2, 0.25) is 0 Å². The van der Waals surface area contributed by atoms with Gasteiger partial charge in [0.15, 0.2) is 6.10 Å². The van der Waals surface area contributed by atoms with E-state index >= 15 is 0 Å². The summed E-state index contributed by atoms with van der Waals surface area (Å²) < 4.78 is 33.7. The van der Waals surface area contributed by atoms with E-state index in [1.54, 1.807) is 0 Å². The van der Waals surface area contributed by atoms with E-state index in [2.05, 4.69) is 98.9 Å². The lowest BCUT2D eigenvalue weighted by Gasteiger charge is -2.28. The van der Waals surface area contributed by atoms with Crippen molar-refractivity contribution in [2.45, 2.75) is 136 Å². The van der Waals surface area contributed by atoms with Gasteiger partial charge >= 0.3 is 11.9 Å². The van der Waals surface area contributed by atoms with Crippen molar-refractivity contribution < 1.29 is 42.1 Å². The molecule has 0 saturated carbocycles. The molecule has 0 aromatic rings. The summed E-state index contributed by atoms with van der Waals surface area (Å²) in [5.74, 6) is -0.958. The Bertz CT molecular complexity index is 1270. The Morgan fingerprint density at radius 3 is 1.50 bits per heavy atom. The van der Waals surface area contributed by atoms with E-state index in [-0.39, 0.29) is 26.1 Å². The second kappa shape index (κ2) is 37.5. The van der Waals surface area contributed by atoms with Crippen molar-refractivity contribution in [2.24, 2.45) is 0 Å². The van der Waals surface area contributed by atoms with Crippen molar-refractivity contribution in [2.75, 3.05) is 47.5 Å². The largest absolute Gasteiger partial charge is 0.756 e. The number of carbonyl (C=O) groups excluding carboxylic acids is 2. The number of unbranched alkanes of at least 4 members (excludes halogenated alkanes) is 6. The number of carbonyl (C=O) groups is 2. The Morgan fingerprint density at radius 2 is 1.00 bits per heavy atom. The van der Waals surface area contributed by atoms with E-state index in [4.69, 9.17) is 18.5 Å². The maximum atomic E-state index is 12.7. The number of phosphoric ester groups is 1. The lowest BCUT2D eigenvalue weighted by molar-refractivity contribution is -0.870. The molecule has 0 rings (SSSR count). The number of phosphoric acid groups is 1. The standard InChI is InChI=1S/C46H76NO8P/c1-6-8-10-12-14-16-18-20-21-22-23-24-25-27-29-31-33-35-37-39-46(49)55-44(43-54-56(50,51)53-41-40-47(3,4)5)42-52-45(48)38-36-34-32-30-28-26-19-17-15-13-11-9-7-2/h8-11,14-17,20-21,23-24,26,28,32,34,44H,6-7,12-13,18-19,22,25,27,29-31,33,35-43H2,1-5H3/b10-8-,11-9-,16-14-,17-15-,21-20-,24-23-,28-26-,34-32-. The van der Waals surface area contributed by atoms with E-state index < -0.39 is 32.5 Å². The molecule has 0 N–H and O–H groups in total. The van der Waals surface area contributed by atoms with E-state index in [0.29, 0.717) is 23.9 Å². The molecule has 0 spiro atoms. The van der Waals surface area contributed by atoms with E-state index in [1.165, 1.54) is 0 Å². The molecule has 318 valence electrons. The van der Waals surface area contributed by atoms with Crippen LogP contribution in [0.3, 0.4) is 0 Å². The molecule has 10 heteroatoms. The first-order chi connectivity index (χ1) is 27.0. The third-order valence-electron chi connectivity index (χ3n) is 8.11. The third-order valence-corrected chi connectivity index (χ3v) is 9.08. The van der Waals surface area contributed by atoms with Crippen molar-refractivity contribution in [3.05, 3.63) is 97.2 Å². The minimum absolute atomic E-state index is 0.0501. The van der Waals surface area contributed by atoms with Crippen LogP contribution in [-0.4, -0.2) is 70.0 Å². The number of esters is 2. The minimum atomic E-state index is -4.65. The Kier molecular flexibility index (Phi) is 35.4. The molecule has 0 aliphatic carbocycles. The SMILES string of the molecule is CC/C=C\C/C=C\C/C=C\C/C=C\CCCCCCCCC(=O)OC(COC(=O)CC/C=C\C/C=C\C/C=C\C/C=C\CC)COP(=O)([O-])OCC[N+](C)(C)C. The average molecular weight is 802 g/mol. The average Bonchev–Trinajstić information content (AvgIpc) is 3.15. The van der Waals surface area contributed by atoms with Crippen LogP contribution in [0.5, 0.6) is 0 Å². The van der Waals surface area contributed by atoms with Crippen LogP contribution in [-0.2, 0) is 32.7 Å². The second-order valence-electron chi connectivity index (χ2n) is 14.6. The molecular formula is C46H76NO8P. The Hall–Kier alpha value is -3.07. The van der Waals surface area contributed by atoms with Gasteiger partial charge in [-0.15, -0.1) is 0 Å². The summed E-state index contributed by atoms with van der Waals surface area (Å²) in [6.07, 6.45) is 48.8. The Balaban J connectivity index is 4.51. The predicted molar refractivity (Wildman–Crippen MR) is 231 cm³/mol. The van der Waals surface area contributed by atoms with Gasteiger partial charge < -0.3 is 27.9 Å². The van der Waals surface area contributed by atoms with Crippen LogP contribution >= 0.6 is 7.82 Å². The number of likely N-dealkylation sites (N-methyl/N-ethyl adjacent to an activating group) is 1. The van der Waals surface area contributed by atoms with Crippen LogP contribution in [0, 0.1) is 0 Å². The van der Waals surface area contributed by atoms with E-state index in [1.807, 2.05) is 33.3 Å². The van der Waals surface area contributed by atoms with Gasteiger partial charge in [-0.25, -0.2) is 0 Å². The smallest absolute Gasteiger partial charge is 0.306 e. The lowest BCUT2D eigenvalue weighted by atomic mass is 10.1. The third kappa shape index (κ3) is 40.6. The summed E-state index contributed by atoms with van der Waals surface area (Å²) >= 11 is 0. The molecule has 0 aromatic carbocycles. The van der Waals surface area contributed by atoms with Crippen LogP contribution in [0.15, 0.2) is 97.2 Å². The highest BCUT2D eigenvalue weighted by Crippen LogP contribution is 2.38. The summed E-state index contributed by atoms with van der Waals surface area (Å²) in [6.45, 7) is 3.86. The van der Waals surface area contributed by atoms with Crippen molar-refractivity contribution in [1.82, 2.24) is 0 Å². The van der Waals surface area contributed by atoms with Gasteiger partial charge in [-0.3, -0.25) is 14.2 Å². The molecule has 0 aromatic heterocycles. The number of hydrogen-bond acceptors (Lipinski definition) is 8. The summed E-state index contributed by atoms with van der Waals surface area (Å²) in [4.78, 5) is 37.4. The molecule has 9 nitrogen and oxygen atoms in total.